The van der Waals surface area contributed by atoms with E-state index in [1.807, 2.05) is 6.08 Å². The molecule has 7 nitrogen and oxygen atoms in total. The first kappa shape index (κ1) is 17.8. The molecule has 2 N–H and O–H groups in total. The van der Waals surface area contributed by atoms with Gasteiger partial charge in [-0.25, -0.2) is 9.59 Å². The summed E-state index contributed by atoms with van der Waals surface area (Å²) in [5.74, 6) is -0.577. The number of carboxylic acid groups (broad SMARTS) is 1. The molecule has 2 spiro atoms. The third kappa shape index (κ3) is 1.67. The molecule has 8 aliphatic rings. The van der Waals surface area contributed by atoms with Gasteiger partial charge in [0.2, 0.25) is 0 Å². The van der Waals surface area contributed by atoms with Crippen LogP contribution in [0.5, 0.6) is 0 Å². The minimum atomic E-state index is -0.977. The van der Waals surface area contributed by atoms with E-state index in [-0.39, 0.29) is 17.9 Å². The average Bonchev–Trinajstić information content (AvgIpc) is 3.49. The topological polar surface area (TPSA) is 87.1 Å². The van der Waals surface area contributed by atoms with Crippen molar-refractivity contribution in [3.63, 3.8) is 0 Å². The number of aliphatic hydroxyl groups is 1. The lowest BCUT2D eigenvalue weighted by Crippen LogP contribution is -2.66. The van der Waals surface area contributed by atoms with Gasteiger partial charge >= 0.3 is 11.9 Å². The molecule has 1 aliphatic carbocycles. The van der Waals surface area contributed by atoms with Gasteiger partial charge in [-0.1, -0.05) is 0 Å². The number of carboxylic acids is 1. The second-order valence-electron chi connectivity index (χ2n) is 11.5. The molecule has 7 aliphatic heterocycles. The Morgan fingerprint density at radius 2 is 2.16 bits per heavy atom. The Morgan fingerprint density at radius 3 is 3.00 bits per heavy atom. The van der Waals surface area contributed by atoms with Gasteiger partial charge in [-0.15, -0.1) is 0 Å². The molecule has 8 rings (SSSR count). The van der Waals surface area contributed by atoms with Gasteiger partial charge in [-0.05, 0) is 37.0 Å². The van der Waals surface area contributed by atoms with Crippen LogP contribution in [0.3, 0.4) is 0 Å². The van der Waals surface area contributed by atoms with Crippen molar-refractivity contribution in [2.45, 2.75) is 86.4 Å². The van der Waals surface area contributed by atoms with Crippen LogP contribution in [0.25, 0.3) is 0 Å². The zero-order chi connectivity index (χ0) is 20.9. The van der Waals surface area contributed by atoms with Crippen molar-refractivity contribution in [2.24, 2.45) is 11.8 Å². The zero-order valence-electron chi connectivity index (χ0n) is 17.6. The van der Waals surface area contributed by atoms with Gasteiger partial charge in [0.25, 0.3) is 0 Å². The highest BCUT2D eigenvalue weighted by Crippen LogP contribution is 2.71. The number of nitrogens with zero attached hydrogens (tertiary/aromatic N) is 2. The summed E-state index contributed by atoms with van der Waals surface area (Å²) in [6.45, 7) is 2.17. The molecule has 6 saturated heterocycles. The fourth-order valence-corrected chi connectivity index (χ4v) is 10.7. The van der Waals surface area contributed by atoms with Crippen molar-refractivity contribution < 1.29 is 29.0 Å². The molecule has 1 saturated carbocycles. The Balaban J connectivity index is 1.37. The normalized spacial score (nSPS) is 58.7. The number of hydrogen-bond donors (Lipinski definition) is 2. The second-order valence-corrected chi connectivity index (χ2v) is 11.5. The molecule has 164 valence electrons. The summed E-state index contributed by atoms with van der Waals surface area (Å²) in [5, 5.41) is 21.5. The monoisotopic (exact) mass is 425 g/mol. The van der Waals surface area contributed by atoms with E-state index in [0.29, 0.717) is 42.9 Å². The number of ether oxygens (including phenoxy) is 1. The number of hydrogen-bond acceptors (Lipinski definition) is 5. The van der Waals surface area contributed by atoms with Gasteiger partial charge in [0.15, 0.2) is 5.60 Å². The highest BCUT2D eigenvalue weighted by Gasteiger charge is 2.83. The second kappa shape index (κ2) is 5.10. The van der Waals surface area contributed by atoms with E-state index in [0.717, 1.165) is 55.2 Å². The van der Waals surface area contributed by atoms with E-state index in [4.69, 9.17) is 4.74 Å². The van der Waals surface area contributed by atoms with E-state index in [2.05, 4.69) is 4.90 Å². The lowest BCUT2D eigenvalue weighted by atomic mass is 9.61. The lowest BCUT2D eigenvalue weighted by molar-refractivity contribution is -0.966. The maximum absolute atomic E-state index is 12.7. The minimum Gasteiger partial charge on any atom is -0.478 e. The van der Waals surface area contributed by atoms with E-state index >= 15 is 0 Å². The number of aliphatic carboxylic acids is 1. The van der Waals surface area contributed by atoms with Crippen molar-refractivity contribution in [3.05, 3.63) is 23.3 Å². The molecule has 0 amide bonds. The molecule has 0 aromatic carbocycles. The molecule has 7 heteroatoms. The molecule has 0 radical (unpaired) electrons. The van der Waals surface area contributed by atoms with Gasteiger partial charge in [0, 0.05) is 49.7 Å². The number of fused-ring (bicyclic) bond motifs is 6. The Hall–Kier alpha value is -1.70. The summed E-state index contributed by atoms with van der Waals surface area (Å²) in [6, 6.07) is 1.57. The third-order valence-corrected chi connectivity index (χ3v) is 11.0. The molecule has 4 bridgehead atoms. The number of quaternary nitrogens is 1. The van der Waals surface area contributed by atoms with Crippen molar-refractivity contribution in [1.82, 2.24) is 4.90 Å². The van der Waals surface area contributed by atoms with Crippen molar-refractivity contribution in [2.75, 3.05) is 13.1 Å². The van der Waals surface area contributed by atoms with Crippen LogP contribution in [-0.4, -0.2) is 86.0 Å². The van der Waals surface area contributed by atoms with Gasteiger partial charge in [-0.3, -0.25) is 4.90 Å². The van der Waals surface area contributed by atoms with Crippen LogP contribution in [0.15, 0.2) is 23.3 Å². The quantitative estimate of drug-likeness (QED) is 0.370. The predicted octanol–water partition coefficient (Wildman–Crippen LogP) is 0.971. The highest BCUT2D eigenvalue weighted by molar-refractivity contribution is 5.88. The molecule has 10 unspecified atom stereocenters. The van der Waals surface area contributed by atoms with Crippen molar-refractivity contribution in [3.8, 4) is 0 Å². The van der Waals surface area contributed by atoms with Gasteiger partial charge in [0.05, 0.1) is 24.7 Å². The summed E-state index contributed by atoms with van der Waals surface area (Å²) < 4.78 is 7.15. The summed E-state index contributed by atoms with van der Waals surface area (Å²) in [6.07, 6.45) is 9.68. The smallest absolute Gasteiger partial charge is 0.331 e. The van der Waals surface area contributed by atoms with Gasteiger partial charge in [0.1, 0.15) is 17.7 Å². The van der Waals surface area contributed by atoms with Crippen molar-refractivity contribution >= 4 is 11.9 Å². The first-order valence-corrected chi connectivity index (χ1v) is 12.1. The van der Waals surface area contributed by atoms with Crippen LogP contribution < -0.4 is 0 Å². The summed E-state index contributed by atoms with van der Waals surface area (Å²) in [4.78, 5) is 27.0. The Bertz CT molecular complexity index is 1020. The third-order valence-electron chi connectivity index (χ3n) is 11.0. The number of esters is 1. The van der Waals surface area contributed by atoms with Crippen LogP contribution >= 0.6 is 0 Å². The average molecular weight is 426 g/mol. The molecular weight excluding hydrogens is 396 g/mol. The SMILES string of the molecule is O=C(O)C=C1CC2C3C4=CC(=O)OC45CC(C3[N+]34CCCC3C1(O)CC24)N1CCCC15. The summed E-state index contributed by atoms with van der Waals surface area (Å²) >= 11 is 0. The highest BCUT2D eigenvalue weighted by atomic mass is 16.6. The molecule has 7 heterocycles. The Morgan fingerprint density at radius 1 is 1.29 bits per heavy atom. The van der Waals surface area contributed by atoms with E-state index < -0.39 is 17.2 Å². The Kier molecular flexibility index (Phi) is 2.93. The maximum atomic E-state index is 12.7. The standard InChI is InChI=1S/C24H28N2O5/c27-19(28)8-12-7-13-16-11-23(12,30)18-4-2-6-26(16,18)22-15-10-24(17-3-1-5-25(15)17)14(21(13)22)9-20(29)31-24/h8-9,13,15-18,21-22,30H,1-7,10-11H2/p+1. The molecule has 10 atom stereocenters. The maximum Gasteiger partial charge on any atom is 0.331 e. The lowest BCUT2D eigenvalue weighted by Gasteiger charge is -2.50. The molecular formula is C24H29N2O5+. The zero-order valence-corrected chi connectivity index (χ0v) is 17.6. The van der Waals surface area contributed by atoms with Crippen LogP contribution in [0.4, 0.5) is 0 Å². The van der Waals surface area contributed by atoms with E-state index in [9.17, 15) is 19.8 Å². The fourth-order valence-electron chi connectivity index (χ4n) is 10.7. The van der Waals surface area contributed by atoms with Crippen LogP contribution in [0.1, 0.15) is 44.9 Å². The molecule has 0 aromatic heterocycles. The van der Waals surface area contributed by atoms with Gasteiger partial charge < -0.3 is 19.4 Å². The first-order valence-electron chi connectivity index (χ1n) is 12.1. The predicted molar refractivity (Wildman–Crippen MR) is 108 cm³/mol. The van der Waals surface area contributed by atoms with E-state index in [1.165, 1.54) is 11.6 Å². The fraction of sp³-hybridized carbons (Fsp3) is 0.750. The van der Waals surface area contributed by atoms with E-state index in [1.54, 1.807) is 0 Å². The molecule has 0 aromatic rings. The Labute approximate surface area is 180 Å². The van der Waals surface area contributed by atoms with Crippen LogP contribution in [-0.2, 0) is 14.3 Å². The summed E-state index contributed by atoms with van der Waals surface area (Å²) in [7, 11) is 0. The molecule has 31 heavy (non-hydrogen) atoms. The largest absolute Gasteiger partial charge is 0.478 e. The van der Waals surface area contributed by atoms with Gasteiger partial charge in [-0.2, -0.15) is 0 Å². The van der Waals surface area contributed by atoms with Crippen molar-refractivity contribution in [1.29, 1.82) is 0 Å². The number of carbonyl (C=O) groups excluding carboxylic acids is 1. The first-order chi connectivity index (χ1) is 14.9. The van der Waals surface area contributed by atoms with Crippen LogP contribution in [0, 0.1) is 11.8 Å². The number of rotatable bonds is 1. The number of carbonyl (C=O) groups is 2. The minimum absolute atomic E-state index is 0.0934. The summed E-state index contributed by atoms with van der Waals surface area (Å²) in [5.41, 5.74) is 0.530. The molecule has 7 fully saturated rings. The van der Waals surface area contributed by atoms with Crippen LogP contribution in [0.2, 0.25) is 0 Å².